The summed E-state index contributed by atoms with van der Waals surface area (Å²) >= 11 is 0. The summed E-state index contributed by atoms with van der Waals surface area (Å²) in [6, 6.07) is 11.2. The number of anilines is 1. The Morgan fingerprint density at radius 1 is 0.862 bits per heavy atom. The zero-order valence-electron chi connectivity index (χ0n) is 14.7. The molecule has 0 bridgehead atoms. The SMILES string of the molecule is O=C(Nc1ccc(Cc2ccc(F)cc2C(F)(F)F)cc1)c1c(F)cccc1F. The third kappa shape index (κ3) is 4.77. The van der Waals surface area contributed by atoms with Gasteiger partial charge in [0.2, 0.25) is 0 Å². The van der Waals surface area contributed by atoms with Crippen molar-refractivity contribution < 1.29 is 31.1 Å². The second-order valence-corrected chi connectivity index (χ2v) is 6.22. The number of hydrogen-bond donors (Lipinski definition) is 1. The molecule has 29 heavy (non-hydrogen) atoms. The molecule has 0 aromatic heterocycles. The van der Waals surface area contributed by atoms with E-state index in [-0.39, 0.29) is 17.7 Å². The molecular weight excluding hydrogens is 396 g/mol. The molecule has 1 amide bonds. The van der Waals surface area contributed by atoms with Gasteiger partial charge in [-0.15, -0.1) is 0 Å². The van der Waals surface area contributed by atoms with E-state index in [1.807, 2.05) is 0 Å². The molecule has 0 heterocycles. The molecule has 1 N–H and O–H groups in total. The van der Waals surface area contributed by atoms with E-state index in [1.54, 1.807) is 0 Å². The molecule has 0 saturated heterocycles. The Morgan fingerprint density at radius 2 is 1.48 bits per heavy atom. The average Bonchev–Trinajstić information content (AvgIpc) is 2.64. The molecule has 0 atom stereocenters. The summed E-state index contributed by atoms with van der Waals surface area (Å²) in [5, 5.41) is 2.33. The first-order valence-corrected chi connectivity index (χ1v) is 8.35. The maximum absolute atomic E-state index is 13.7. The lowest BCUT2D eigenvalue weighted by Crippen LogP contribution is -2.15. The summed E-state index contributed by atoms with van der Waals surface area (Å²) in [5.41, 5.74) is -1.24. The zero-order valence-corrected chi connectivity index (χ0v) is 14.7. The molecule has 0 saturated carbocycles. The molecule has 0 unspecified atom stereocenters. The lowest BCUT2D eigenvalue weighted by molar-refractivity contribution is -0.138. The van der Waals surface area contributed by atoms with Crippen LogP contribution in [0.15, 0.2) is 60.7 Å². The Labute approximate surface area is 161 Å². The molecule has 3 rings (SSSR count). The van der Waals surface area contributed by atoms with Crippen LogP contribution in [0.25, 0.3) is 0 Å². The molecule has 0 aliphatic rings. The van der Waals surface area contributed by atoms with Crippen LogP contribution < -0.4 is 5.32 Å². The minimum absolute atomic E-state index is 0.107. The Balaban J connectivity index is 1.77. The van der Waals surface area contributed by atoms with Crippen LogP contribution >= 0.6 is 0 Å². The van der Waals surface area contributed by atoms with Gasteiger partial charge < -0.3 is 5.32 Å². The predicted molar refractivity (Wildman–Crippen MR) is 95.0 cm³/mol. The number of benzene rings is 3. The van der Waals surface area contributed by atoms with Crippen molar-refractivity contribution in [2.45, 2.75) is 12.6 Å². The molecule has 150 valence electrons. The number of carbonyl (C=O) groups excluding carboxylic acids is 1. The van der Waals surface area contributed by atoms with Gasteiger partial charge in [-0.25, -0.2) is 13.2 Å². The molecule has 0 aliphatic heterocycles. The highest BCUT2D eigenvalue weighted by Crippen LogP contribution is 2.33. The van der Waals surface area contributed by atoms with Gasteiger partial charge in [0.15, 0.2) is 0 Å². The number of nitrogens with one attached hydrogen (secondary N) is 1. The van der Waals surface area contributed by atoms with Gasteiger partial charge in [0.05, 0.1) is 5.56 Å². The maximum Gasteiger partial charge on any atom is 0.416 e. The van der Waals surface area contributed by atoms with Crippen molar-refractivity contribution in [3.8, 4) is 0 Å². The smallest absolute Gasteiger partial charge is 0.322 e. The van der Waals surface area contributed by atoms with E-state index in [4.69, 9.17) is 0 Å². The molecule has 0 fully saturated rings. The molecular formula is C21H13F6NO. The van der Waals surface area contributed by atoms with Crippen LogP contribution in [0.3, 0.4) is 0 Å². The summed E-state index contributed by atoms with van der Waals surface area (Å²) in [4.78, 5) is 12.1. The largest absolute Gasteiger partial charge is 0.416 e. The van der Waals surface area contributed by atoms with Gasteiger partial charge in [0, 0.05) is 5.69 Å². The van der Waals surface area contributed by atoms with Crippen LogP contribution in [0, 0.1) is 17.5 Å². The van der Waals surface area contributed by atoms with E-state index < -0.39 is 40.7 Å². The third-order valence-electron chi connectivity index (χ3n) is 4.17. The topological polar surface area (TPSA) is 29.1 Å². The highest BCUT2D eigenvalue weighted by atomic mass is 19.4. The normalized spacial score (nSPS) is 11.4. The van der Waals surface area contributed by atoms with Crippen LogP contribution in [0.1, 0.15) is 27.0 Å². The van der Waals surface area contributed by atoms with Crippen LogP contribution in [-0.4, -0.2) is 5.91 Å². The van der Waals surface area contributed by atoms with E-state index in [2.05, 4.69) is 5.32 Å². The summed E-state index contributed by atoms with van der Waals surface area (Å²) in [6.07, 6.45) is -4.82. The van der Waals surface area contributed by atoms with Crippen molar-refractivity contribution in [3.05, 3.63) is 100 Å². The van der Waals surface area contributed by atoms with Gasteiger partial charge >= 0.3 is 6.18 Å². The molecule has 0 aliphatic carbocycles. The van der Waals surface area contributed by atoms with E-state index in [0.717, 1.165) is 30.3 Å². The summed E-state index contributed by atoms with van der Waals surface area (Å²) in [5.74, 6) is -4.02. The molecule has 0 spiro atoms. The van der Waals surface area contributed by atoms with Crippen molar-refractivity contribution in [3.63, 3.8) is 0 Å². The van der Waals surface area contributed by atoms with E-state index in [9.17, 15) is 31.1 Å². The third-order valence-corrected chi connectivity index (χ3v) is 4.17. The fourth-order valence-electron chi connectivity index (χ4n) is 2.80. The van der Waals surface area contributed by atoms with Crippen LogP contribution in [0.4, 0.5) is 32.0 Å². The second kappa shape index (κ2) is 7.98. The zero-order chi connectivity index (χ0) is 21.2. The molecule has 2 nitrogen and oxygen atoms in total. The van der Waals surface area contributed by atoms with Crippen molar-refractivity contribution in [1.82, 2.24) is 0 Å². The van der Waals surface area contributed by atoms with Gasteiger partial charge in [-0.05, 0) is 53.9 Å². The van der Waals surface area contributed by atoms with Gasteiger partial charge in [0.25, 0.3) is 5.91 Å². The van der Waals surface area contributed by atoms with Crippen molar-refractivity contribution in [2.75, 3.05) is 5.32 Å². The molecule has 3 aromatic rings. The van der Waals surface area contributed by atoms with Gasteiger partial charge in [-0.3, -0.25) is 4.79 Å². The lowest BCUT2D eigenvalue weighted by atomic mass is 9.99. The van der Waals surface area contributed by atoms with Gasteiger partial charge in [-0.1, -0.05) is 24.3 Å². The number of halogens is 6. The molecule has 0 radical (unpaired) electrons. The van der Waals surface area contributed by atoms with Crippen molar-refractivity contribution in [1.29, 1.82) is 0 Å². The summed E-state index contributed by atoms with van der Waals surface area (Å²) in [6.45, 7) is 0. The number of amides is 1. The Bertz CT molecular complexity index is 1020. The minimum atomic E-state index is -4.70. The quantitative estimate of drug-likeness (QED) is 0.529. The van der Waals surface area contributed by atoms with Crippen molar-refractivity contribution >= 4 is 11.6 Å². The van der Waals surface area contributed by atoms with Crippen LogP contribution in [0.2, 0.25) is 0 Å². The Morgan fingerprint density at radius 3 is 2.07 bits per heavy atom. The highest BCUT2D eigenvalue weighted by Gasteiger charge is 2.33. The summed E-state index contributed by atoms with van der Waals surface area (Å²) < 4.78 is 79.8. The standard InChI is InChI=1S/C21H13F6NO/c22-14-7-6-13(16(11-14)21(25,26)27)10-12-4-8-15(9-5-12)28-20(29)19-17(23)2-1-3-18(19)24/h1-9,11H,10H2,(H,28,29). The van der Waals surface area contributed by atoms with Gasteiger partial charge in [-0.2, -0.15) is 13.2 Å². The number of hydrogen-bond acceptors (Lipinski definition) is 1. The van der Waals surface area contributed by atoms with Gasteiger partial charge in [0.1, 0.15) is 23.0 Å². The Kier molecular flexibility index (Phi) is 5.63. The molecule has 8 heteroatoms. The Hall–Kier alpha value is -3.29. The van der Waals surface area contributed by atoms with E-state index in [0.29, 0.717) is 11.6 Å². The highest BCUT2D eigenvalue weighted by molar-refractivity contribution is 6.04. The summed E-state index contributed by atoms with van der Waals surface area (Å²) in [7, 11) is 0. The van der Waals surface area contributed by atoms with Crippen LogP contribution in [-0.2, 0) is 12.6 Å². The fraction of sp³-hybridized carbons (Fsp3) is 0.0952. The van der Waals surface area contributed by atoms with E-state index >= 15 is 0 Å². The monoisotopic (exact) mass is 409 g/mol. The van der Waals surface area contributed by atoms with Crippen molar-refractivity contribution in [2.24, 2.45) is 0 Å². The van der Waals surface area contributed by atoms with E-state index in [1.165, 1.54) is 24.3 Å². The number of carbonyl (C=O) groups is 1. The minimum Gasteiger partial charge on any atom is -0.322 e. The average molecular weight is 409 g/mol. The molecule has 3 aromatic carbocycles. The number of alkyl halides is 3. The van der Waals surface area contributed by atoms with Crippen LogP contribution in [0.5, 0.6) is 0 Å². The lowest BCUT2D eigenvalue weighted by Gasteiger charge is -2.13. The first kappa shape index (κ1) is 20.4. The second-order valence-electron chi connectivity index (χ2n) is 6.22. The fourth-order valence-corrected chi connectivity index (χ4v) is 2.80. The first-order chi connectivity index (χ1) is 13.6. The first-order valence-electron chi connectivity index (χ1n) is 8.35. The predicted octanol–water partition coefficient (Wildman–Crippen LogP) is 5.97. The number of rotatable bonds is 4. The maximum atomic E-state index is 13.7.